The Bertz CT molecular complexity index is 638. The number of amides is 1. The van der Waals surface area contributed by atoms with Crippen molar-refractivity contribution in [2.45, 2.75) is 26.4 Å². The molecule has 0 atom stereocenters. The van der Waals surface area contributed by atoms with E-state index in [9.17, 15) is 4.79 Å². The van der Waals surface area contributed by atoms with E-state index in [1.807, 2.05) is 23.1 Å². The van der Waals surface area contributed by atoms with Gasteiger partial charge in [-0.15, -0.1) is 0 Å². The van der Waals surface area contributed by atoms with E-state index < -0.39 is 0 Å². The number of benzene rings is 1. The minimum Gasteiger partial charge on any atom is -0.375 e. The lowest BCUT2D eigenvalue weighted by Crippen LogP contribution is -2.54. The zero-order chi connectivity index (χ0) is 20.3. The van der Waals surface area contributed by atoms with Crippen molar-refractivity contribution >= 4 is 11.9 Å². The van der Waals surface area contributed by atoms with E-state index in [0.717, 1.165) is 64.6 Å². The Morgan fingerprint density at radius 1 is 1.03 bits per heavy atom. The Hall–Kier alpha value is -2.12. The van der Waals surface area contributed by atoms with Gasteiger partial charge in [-0.05, 0) is 25.3 Å². The lowest BCUT2D eigenvalue weighted by Gasteiger charge is -2.36. The maximum atomic E-state index is 12.4. The van der Waals surface area contributed by atoms with Crippen molar-refractivity contribution in [3.63, 3.8) is 0 Å². The molecule has 2 aliphatic rings. The second kappa shape index (κ2) is 11.8. The fourth-order valence-electron chi connectivity index (χ4n) is 3.78. The van der Waals surface area contributed by atoms with Crippen LogP contribution in [0.2, 0.25) is 0 Å². The number of hydrogen-bond acceptors (Lipinski definition) is 4. The summed E-state index contributed by atoms with van der Waals surface area (Å²) < 4.78 is 5.74. The van der Waals surface area contributed by atoms with E-state index in [2.05, 4.69) is 34.2 Å². The van der Waals surface area contributed by atoms with Gasteiger partial charge in [0.05, 0.1) is 26.3 Å². The van der Waals surface area contributed by atoms with E-state index in [-0.39, 0.29) is 5.91 Å². The third-order valence-corrected chi connectivity index (χ3v) is 5.43. The van der Waals surface area contributed by atoms with E-state index in [0.29, 0.717) is 26.3 Å². The molecule has 2 heterocycles. The maximum Gasteiger partial charge on any atom is 0.236 e. The summed E-state index contributed by atoms with van der Waals surface area (Å²) in [6, 6.07) is 10.2. The van der Waals surface area contributed by atoms with Crippen LogP contribution in [-0.4, -0.2) is 92.1 Å². The largest absolute Gasteiger partial charge is 0.375 e. The molecule has 0 spiro atoms. The average molecular weight is 402 g/mol. The number of guanidine groups is 1. The van der Waals surface area contributed by atoms with Crippen LogP contribution in [0, 0.1) is 0 Å². The Morgan fingerprint density at radius 2 is 1.76 bits per heavy atom. The highest BCUT2D eigenvalue weighted by molar-refractivity contribution is 5.80. The Kier molecular flexibility index (Phi) is 8.77. The Labute approximate surface area is 174 Å². The first-order chi connectivity index (χ1) is 14.3. The summed E-state index contributed by atoms with van der Waals surface area (Å²) in [5.41, 5.74) is 1.18. The molecule has 160 valence electrons. The molecule has 29 heavy (non-hydrogen) atoms. The van der Waals surface area contributed by atoms with Crippen LogP contribution in [0.3, 0.4) is 0 Å². The van der Waals surface area contributed by atoms with E-state index in [1.54, 1.807) is 0 Å². The molecule has 0 saturated carbocycles. The van der Waals surface area contributed by atoms with Gasteiger partial charge in [-0.3, -0.25) is 14.7 Å². The summed E-state index contributed by atoms with van der Waals surface area (Å²) in [6.45, 7) is 10.8. The summed E-state index contributed by atoms with van der Waals surface area (Å²) >= 11 is 0. The summed E-state index contributed by atoms with van der Waals surface area (Å²) in [6.07, 6.45) is 2.30. The second-order valence-corrected chi connectivity index (χ2v) is 7.62. The molecule has 0 aromatic heterocycles. The molecule has 3 rings (SSSR count). The Balaban J connectivity index is 1.38. The highest BCUT2D eigenvalue weighted by atomic mass is 16.5. The lowest BCUT2D eigenvalue weighted by atomic mass is 10.2. The van der Waals surface area contributed by atoms with Crippen molar-refractivity contribution < 1.29 is 9.53 Å². The van der Waals surface area contributed by atoms with Crippen LogP contribution < -0.4 is 5.32 Å². The number of nitrogens with zero attached hydrogens (tertiary/aromatic N) is 4. The fraction of sp³-hybridized carbons (Fsp3) is 0.636. The summed E-state index contributed by atoms with van der Waals surface area (Å²) in [4.78, 5) is 23.7. The van der Waals surface area contributed by atoms with Crippen LogP contribution in [0.4, 0.5) is 0 Å². The number of likely N-dealkylation sites (tertiary alicyclic amines) is 1. The number of rotatable bonds is 8. The summed E-state index contributed by atoms with van der Waals surface area (Å²) in [5, 5.41) is 3.39. The molecule has 7 heteroatoms. The molecule has 0 unspecified atom stereocenters. The van der Waals surface area contributed by atoms with Crippen molar-refractivity contribution in [1.82, 2.24) is 20.0 Å². The molecule has 1 aromatic rings. The third kappa shape index (κ3) is 7.01. The summed E-state index contributed by atoms with van der Waals surface area (Å²) in [7, 11) is 0. The van der Waals surface area contributed by atoms with Crippen molar-refractivity contribution in [1.29, 1.82) is 0 Å². The number of aliphatic imine (C=N–C) groups is 1. The molecular formula is C22H35N5O2. The highest BCUT2D eigenvalue weighted by Gasteiger charge is 2.24. The van der Waals surface area contributed by atoms with Gasteiger partial charge < -0.3 is 19.9 Å². The van der Waals surface area contributed by atoms with Crippen molar-refractivity contribution in [2.75, 3.05) is 65.5 Å². The molecule has 0 bridgehead atoms. The normalized spacial score (nSPS) is 18.3. The number of carbonyl (C=O) groups excluding carboxylic acids is 1. The maximum absolute atomic E-state index is 12.4. The monoisotopic (exact) mass is 401 g/mol. The Morgan fingerprint density at radius 3 is 2.45 bits per heavy atom. The lowest BCUT2D eigenvalue weighted by molar-refractivity contribution is -0.131. The fourth-order valence-corrected chi connectivity index (χ4v) is 3.78. The van der Waals surface area contributed by atoms with Gasteiger partial charge in [0.25, 0.3) is 0 Å². The molecular weight excluding hydrogens is 366 g/mol. The van der Waals surface area contributed by atoms with Crippen molar-refractivity contribution in [2.24, 2.45) is 4.99 Å². The SMILES string of the molecule is CCNC(=NCCOCc1ccccc1)N1CCN(CC(=O)N2CCCC2)CC1. The molecule has 1 aromatic carbocycles. The third-order valence-electron chi connectivity index (χ3n) is 5.43. The van der Waals surface area contributed by atoms with Crippen molar-refractivity contribution in [3.8, 4) is 0 Å². The van der Waals surface area contributed by atoms with Gasteiger partial charge in [-0.25, -0.2) is 0 Å². The first-order valence-corrected chi connectivity index (χ1v) is 10.9. The quantitative estimate of drug-likeness (QED) is 0.405. The molecule has 2 fully saturated rings. The molecule has 1 N–H and O–H groups in total. The number of ether oxygens (including phenoxy) is 1. The van der Waals surface area contributed by atoms with Crippen molar-refractivity contribution in [3.05, 3.63) is 35.9 Å². The number of carbonyl (C=O) groups is 1. The molecule has 7 nitrogen and oxygen atoms in total. The number of piperazine rings is 1. The molecule has 2 aliphatic heterocycles. The van der Waals surface area contributed by atoms with Gasteiger partial charge in [-0.1, -0.05) is 30.3 Å². The molecule has 0 aliphatic carbocycles. The van der Waals surface area contributed by atoms with Crippen LogP contribution >= 0.6 is 0 Å². The zero-order valence-corrected chi connectivity index (χ0v) is 17.7. The minimum absolute atomic E-state index is 0.284. The van der Waals surface area contributed by atoms with Gasteiger partial charge in [0.1, 0.15) is 0 Å². The molecule has 1 amide bonds. The van der Waals surface area contributed by atoms with E-state index in [4.69, 9.17) is 9.73 Å². The van der Waals surface area contributed by atoms with Gasteiger partial charge in [0.2, 0.25) is 5.91 Å². The first kappa shape index (κ1) is 21.6. The van der Waals surface area contributed by atoms with Gasteiger partial charge in [-0.2, -0.15) is 0 Å². The smallest absolute Gasteiger partial charge is 0.236 e. The van der Waals surface area contributed by atoms with Crippen LogP contribution in [0.1, 0.15) is 25.3 Å². The highest BCUT2D eigenvalue weighted by Crippen LogP contribution is 2.09. The number of hydrogen-bond donors (Lipinski definition) is 1. The molecule has 0 radical (unpaired) electrons. The average Bonchev–Trinajstić information content (AvgIpc) is 3.29. The summed E-state index contributed by atoms with van der Waals surface area (Å²) in [5.74, 6) is 1.23. The number of nitrogens with one attached hydrogen (secondary N) is 1. The van der Waals surface area contributed by atoms with E-state index in [1.165, 1.54) is 5.56 Å². The van der Waals surface area contributed by atoms with Crippen LogP contribution in [0.5, 0.6) is 0 Å². The first-order valence-electron chi connectivity index (χ1n) is 10.9. The van der Waals surface area contributed by atoms with Crippen LogP contribution in [0.25, 0.3) is 0 Å². The van der Waals surface area contributed by atoms with Crippen LogP contribution in [-0.2, 0) is 16.1 Å². The standard InChI is InChI=1S/C22H35N5O2/c1-2-23-22(24-10-17-29-19-20-8-4-3-5-9-20)27-15-13-25(14-16-27)18-21(28)26-11-6-7-12-26/h3-5,8-9H,2,6-7,10-19H2,1H3,(H,23,24). The topological polar surface area (TPSA) is 60.4 Å². The minimum atomic E-state index is 0.284. The second-order valence-electron chi connectivity index (χ2n) is 7.62. The predicted molar refractivity (Wildman–Crippen MR) is 116 cm³/mol. The van der Waals surface area contributed by atoms with Gasteiger partial charge in [0, 0.05) is 45.8 Å². The molecule has 2 saturated heterocycles. The predicted octanol–water partition coefficient (Wildman–Crippen LogP) is 1.41. The van der Waals surface area contributed by atoms with E-state index >= 15 is 0 Å². The van der Waals surface area contributed by atoms with Gasteiger partial charge >= 0.3 is 0 Å². The van der Waals surface area contributed by atoms with Crippen LogP contribution in [0.15, 0.2) is 35.3 Å². The zero-order valence-electron chi connectivity index (χ0n) is 17.7. The van der Waals surface area contributed by atoms with Gasteiger partial charge in [0.15, 0.2) is 5.96 Å².